The summed E-state index contributed by atoms with van der Waals surface area (Å²) in [5.74, 6) is 1.34. The number of hydrogen-bond donors (Lipinski definition) is 0. The zero-order chi connectivity index (χ0) is 19.1. The van der Waals surface area contributed by atoms with Gasteiger partial charge in [-0.05, 0) is 37.8 Å². The maximum atomic E-state index is 12.7. The molecule has 0 N–H and O–H groups in total. The summed E-state index contributed by atoms with van der Waals surface area (Å²) in [6.45, 7) is 3.24. The van der Waals surface area contributed by atoms with Crippen LogP contribution in [0.3, 0.4) is 0 Å². The first-order valence-corrected chi connectivity index (χ1v) is 11.5. The van der Waals surface area contributed by atoms with E-state index in [1.807, 2.05) is 29.2 Å². The van der Waals surface area contributed by atoms with Gasteiger partial charge < -0.3 is 9.80 Å². The van der Waals surface area contributed by atoms with Crippen LogP contribution >= 0.6 is 23.4 Å². The quantitative estimate of drug-likeness (QED) is 0.675. The van der Waals surface area contributed by atoms with Crippen LogP contribution in [0.25, 0.3) is 0 Å². The van der Waals surface area contributed by atoms with Crippen molar-refractivity contribution in [2.24, 2.45) is 5.92 Å². The lowest BCUT2D eigenvalue weighted by Crippen LogP contribution is -2.44. The largest absolute Gasteiger partial charge is 0.343 e. The lowest BCUT2D eigenvalue weighted by molar-refractivity contribution is -0.140. The number of piperidine rings is 1. The van der Waals surface area contributed by atoms with Gasteiger partial charge in [0.15, 0.2) is 0 Å². The molecule has 2 aliphatic heterocycles. The Labute approximate surface area is 171 Å². The third-order valence-electron chi connectivity index (χ3n) is 5.52. The third kappa shape index (κ3) is 5.89. The molecule has 0 bridgehead atoms. The summed E-state index contributed by atoms with van der Waals surface area (Å²) in [4.78, 5) is 30.2. The van der Waals surface area contributed by atoms with Gasteiger partial charge in [-0.15, -0.1) is 11.8 Å². The van der Waals surface area contributed by atoms with Crippen molar-refractivity contribution in [1.29, 1.82) is 0 Å². The molecule has 0 aromatic heterocycles. The van der Waals surface area contributed by atoms with Crippen LogP contribution in [0.2, 0.25) is 5.02 Å². The molecule has 0 radical (unpaired) electrons. The van der Waals surface area contributed by atoms with Gasteiger partial charge in [0.2, 0.25) is 11.8 Å². The van der Waals surface area contributed by atoms with E-state index in [2.05, 4.69) is 4.90 Å². The van der Waals surface area contributed by atoms with Gasteiger partial charge in [-0.25, -0.2) is 0 Å². The van der Waals surface area contributed by atoms with Crippen LogP contribution in [0.5, 0.6) is 0 Å². The van der Waals surface area contributed by atoms with Crippen LogP contribution in [-0.2, 0) is 9.59 Å². The van der Waals surface area contributed by atoms with Crippen molar-refractivity contribution in [3.63, 3.8) is 0 Å². The van der Waals surface area contributed by atoms with Gasteiger partial charge in [0.05, 0.1) is 5.02 Å². The number of halogens is 1. The van der Waals surface area contributed by atoms with E-state index in [1.165, 1.54) is 12.8 Å². The standard InChI is InChI=1S/C21H29ClN2O2S/c22-18-7-3-4-8-19(18)27-16-11-20(25)23-14-9-17(10-15-23)21(26)24-12-5-1-2-6-13-24/h3-4,7-8,17H,1-2,5-6,9-16H2. The second-order valence-corrected chi connectivity index (χ2v) is 8.97. The van der Waals surface area contributed by atoms with Crippen LogP contribution in [0, 0.1) is 5.92 Å². The number of carbonyl (C=O) groups excluding carboxylic acids is 2. The lowest BCUT2D eigenvalue weighted by atomic mass is 9.95. The SMILES string of the molecule is O=C(CCSc1ccccc1Cl)N1CCC(C(=O)N2CCCCCC2)CC1. The van der Waals surface area contributed by atoms with E-state index >= 15 is 0 Å². The highest BCUT2D eigenvalue weighted by molar-refractivity contribution is 7.99. The summed E-state index contributed by atoms with van der Waals surface area (Å²) >= 11 is 7.78. The fraction of sp³-hybridized carbons (Fsp3) is 0.619. The van der Waals surface area contributed by atoms with E-state index in [-0.39, 0.29) is 11.8 Å². The summed E-state index contributed by atoms with van der Waals surface area (Å²) in [5.41, 5.74) is 0. The average Bonchev–Trinajstić information content (AvgIpc) is 2.98. The van der Waals surface area contributed by atoms with E-state index in [0.29, 0.717) is 25.4 Å². The summed E-state index contributed by atoms with van der Waals surface area (Å²) in [5, 5.41) is 0.739. The Bertz CT molecular complexity index is 639. The highest BCUT2D eigenvalue weighted by Gasteiger charge is 2.30. The highest BCUT2D eigenvalue weighted by atomic mass is 35.5. The minimum Gasteiger partial charge on any atom is -0.343 e. The minimum absolute atomic E-state index is 0.102. The van der Waals surface area contributed by atoms with E-state index in [4.69, 9.17) is 11.6 Å². The molecule has 1 aromatic rings. The summed E-state index contributed by atoms with van der Waals surface area (Å²) in [6.07, 6.45) is 6.86. The van der Waals surface area contributed by atoms with Gasteiger partial charge in [-0.2, -0.15) is 0 Å². The van der Waals surface area contributed by atoms with Gasteiger partial charge in [0.1, 0.15) is 0 Å². The Morgan fingerprint density at radius 2 is 1.63 bits per heavy atom. The zero-order valence-corrected chi connectivity index (χ0v) is 17.4. The Morgan fingerprint density at radius 3 is 2.30 bits per heavy atom. The molecule has 2 amide bonds. The molecule has 27 heavy (non-hydrogen) atoms. The summed E-state index contributed by atoms with van der Waals surface area (Å²) in [6, 6.07) is 7.73. The zero-order valence-electron chi connectivity index (χ0n) is 15.9. The summed E-state index contributed by atoms with van der Waals surface area (Å²) < 4.78 is 0. The number of amides is 2. The monoisotopic (exact) mass is 408 g/mol. The van der Waals surface area contributed by atoms with Crippen molar-refractivity contribution in [3.8, 4) is 0 Å². The van der Waals surface area contributed by atoms with E-state index in [9.17, 15) is 9.59 Å². The minimum atomic E-state index is 0.102. The van der Waals surface area contributed by atoms with Crippen molar-refractivity contribution in [3.05, 3.63) is 29.3 Å². The third-order valence-corrected chi connectivity index (χ3v) is 7.04. The van der Waals surface area contributed by atoms with Crippen molar-refractivity contribution in [1.82, 2.24) is 9.80 Å². The van der Waals surface area contributed by atoms with Crippen LogP contribution in [-0.4, -0.2) is 53.5 Å². The van der Waals surface area contributed by atoms with Gasteiger partial charge >= 0.3 is 0 Å². The Kier molecular flexibility index (Phi) is 7.89. The molecule has 148 valence electrons. The lowest BCUT2D eigenvalue weighted by Gasteiger charge is -2.34. The highest BCUT2D eigenvalue weighted by Crippen LogP contribution is 2.27. The Morgan fingerprint density at radius 1 is 0.963 bits per heavy atom. The maximum absolute atomic E-state index is 12.7. The fourth-order valence-electron chi connectivity index (χ4n) is 3.89. The molecule has 0 unspecified atom stereocenters. The molecule has 2 fully saturated rings. The van der Waals surface area contributed by atoms with Crippen molar-refractivity contribution >= 4 is 35.2 Å². The van der Waals surface area contributed by atoms with Gasteiger partial charge in [-0.1, -0.05) is 36.6 Å². The van der Waals surface area contributed by atoms with Crippen LogP contribution < -0.4 is 0 Å². The molecular weight excluding hydrogens is 380 g/mol. The molecule has 2 aliphatic rings. The number of hydrogen-bond acceptors (Lipinski definition) is 3. The smallest absolute Gasteiger partial charge is 0.225 e. The molecule has 2 saturated heterocycles. The van der Waals surface area contributed by atoms with Gasteiger partial charge in [-0.3, -0.25) is 9.59 Å². The molecule has 0 atom stereocenters. The van der Waals surface area contributed by atoms with E-state index in [1.54, 1.807) is 11.8 Å². The predicted octanol–water partition coefficient (Wildman–Crippen LogP) is 4.46. The molecule has 4 nitrogen and oxygen atoms in total. The normalized spacial score (nSPS) is 19.0. The predicted molar refractivity (Wildman–Crippen MR) is 111 cm³/mol. The van der Waals surface area contributed by atoms with Crippen LogP contribution in [0.15, 0.2) is 29.2 Å². The Balaban J connectivity index is 1.39. The number of rotatable bonds is 5. The number of nitrogens with zero attached hydrogens (tertiary/aromatic N) is 2. The van der Waals surface area contributed by atoms with Crippen LogP contribution in [0.4, 0.5) is 0 Å². The van der Waals surface area contributed by atoms with Gasteiger partial charge in [0, 0.05) is 49.2 Å². The van der Waals surface area contributed by atoms with Crippen LogP contribution in [0.1, 0.15) is 44.9 Å². The molecule has 0 spiro atoms. The second-order valence-electron chi connectivity index (χ2n) is 7.42. The second kappa shape index (κ2) is 10.4. The Hall–Kier alpha value is -1.20. The molecule has 1 aromatic carbocycles. The molecule has 0 saturated carbocycles. The fourth-order valence-corrected chi connectivity index (χ4v) is 5.07. The van der Waals surface area contributed by atoms with Crippen molar-refractivity contribution in [2.75, 3.05) is 31.9 Å². The van der Waals surface area contributed by atoms with E-state index < -0.39 is 0 Å². The molecule has 6 heteroatoms. The molecular formula is C21H29ClN2O2S. The summed E-state index contributed by atoms with van der Waals surface area (Å²) in [7, 11) is 0. The maximum Gasteiger partial charge on any atom is 0.225 e. The number of likely N-dealkylation sites (tertiary alicyclic amines) is 2. The first-order chi connectivity index (χ1) is 13.1. The average molecular weight is 409 g/mol. The molecule has 3 rings (SSSR count). The number of carbonyl (C=O) groups is 2. The van der Waals surface area contributed by atoms with E-state index in [0.717, 1.165) is 54.4 Å². The van der Waals surface area contributed by atoms with Crippen molar-refractivity contribution in [2.45, 2.75) is 49.8 Å². The first-order valence-electron chi connectivity index (χ1n) is 10.1. The number of thioether (sulfide) groups is 1. The topological polar surface area (TPSA) is 40.6 Å². The molecule has 2 heterocycles. The number of benzene rings is 1. The van der Waals surface area contributed by atoms with Gasteiger partial charge in [0.25, 0.3) is 0 Å². The molecule has 0 aliphatic carbocycles. The van der Waals surface area contributed by atoms with Crippen molar-refractivity contribution < 1.29 is 9.59 Å². The first kappa shape index (κ1) is 20.5.